The highest BCUT2D eigenvalue weighted by atomic mass is 16.1. The van der Waals surface area contributed by atoms with Gasteiger partial charge in [0.25, 0.3) is 0 Å². The SMILES string of the molecule is CCC1CCC(C(=O)C(C)(C)C)C1. The summed E-state index contributed by atoms with van der Waals surface area (Å²) < 4.78 is 0. The van der Waals surface area contributed by atoms with Crippen LogP contribution in [0, 0.1) is 17.3 Å². The maximum atomic E-state index is 11.9. The van der Waals surface area contributed by atoms with Gasteiger partial charge in [-0.1, -0.05) is 34.1 Å². The molecule has 1 heteroatoms. The van der Waals surface area contributed by atoms with E-state index in [0.29, 0.717) is 11.7 Å². The van der Waals surface area contributed by atoms with Crippen molar-refractivity contribution >= 4 is 5.78 Å². The molecule has 2 unspecified atom stereocenters. The molecule has 1 saturated carbocycles. The quantitative estimate of drug-likeness (QED) is 0.639. The minimum absolute atomic E-state index is 0.132. The fourth-order valence-electron chi connectivity index (χ4n) is 2.30. The lowest BCUT2D eigenvalue weighted by atomic mass is 9.82. The van der Waals surface area contributed by atoms with Gasteiger partial charge in [-0.25, -0.2) is 0 Å². The standard InChI is InChI=1S/C12H22O/c1-5-9-6-7-10(8-9)11(13)12(2,3)4/h9-10H,5-8H2,1-4H3. The lowest BCUT2D eigenvalue weighted by Crippen LogP contribution is -2.26. The second kappa shape index (κ2) is 3.81. The van der Waals surface area contributed by atoms with Crippen molar-refractivity contribution in [3.63, 3.8) is 0 Å². The van der Waals surface area contributed by atoms with Crippen LogP contribution in [0.15, 0.2) is 0 Å². The maximum Gasteiger partial charge on any atom is 0.141 e. The molecule has 1 fully saturated rings. The summed E-state index contributed by atoms with van der Waals surface area (Å²) in [6, 6.07) is 0. The summed E-state index contributed by atoms with van der Waals surface area (Å²) in [6.45, 7) is 8.34. The van der Waals surface area contributed by atoms with Crippen LogP contribution in [0.1, 0.15) is 53.4 Å². The van der Waals surface area contributed by atoms with Crippen molar-refractivity contribution in [2.24, 2.45) is 17.3 Å². The van der Waals surface area contributed by atoms with E-state index in [1.807, 2.05) is 20.8 Å². The van der Waals surface area contributed by atoms with Gasteiger partial charge in [0, 0.05) is 11.3 Å². The lowest BCUT2D eigenvalue weighted by molar-refractivity contribution is -0.130. The second-order valence-electron chi connectivity index (χ2n) is 5.40. The topological polar surface area (TPSA) is 17.1 Å². The van der Waals surface area contributed by atoms with Gasteiger partial charge < -0.3 is 0 Å². The van der Waals surface area contributed by atoms with Gasteiger partial charge in [0.15, 0.2) is 0 Å². The zero-order valence-electron chi connectivity index (χ0n) is 9.39. The number of Topliss-reactive ketones (excluding diaryl/α,β-unsaturated/α-hetero) is 1. The molecular weight excluding hydrogens is 160 g/mol. The molecule has 0 spiro atoms. The van der Waals surface area contributed by atoms with Crippen molar-refractivity contribution in [1.29, 1.82) is 0 Å². The summed E-state index contributed by atoms with van der Waals surface area (Å²) in [5.41, 5.74) is -0.132. The Labute approximate surface area is 81.9 Å². The molecule has 1 nitrogen and oxygen atoms in total. The molecule has 0 aromatic rings. The molecule has 0 aromatic heterocycles. The van der Waals surface area contributed by atoms with E-state index in [9.17, 15) is 4.79 Å². The molecule has 0 amide bonds. The molecule has 0 aromatic carbocycles. The maximum absolute atomic E-state index is 11.9. The van der Waals surface area contributed by atoms with E-state index in [4.69, 9.17) is 0 Å². The average Bonchev–Trinajstić information content (AvgIpc) is 2.48. The third kappa shape index (κ3) is 2.55. The summed E-state index contributed by atoms with van der Waals surface area (Å²) in [5, 5.41) is 0. The average molecular weight is 182 g/mol. The molecule has 0 saturated heterocycles. The molecule has 1 aliphatic rings. The van der Waals surface area contributed by atoms with Crippen LogP contribution < -0.4 is 0 Å². The minimum atomic E-state index is -0.132. The van der Waals surface area contributed by atoms with Crippen LogP contribution in [-0.2, 0) is 4.79 Å². The Bertz CT molecular complexity index is 188. The largest absolute Gasteiger partial charge is 0.299 e. The van der Waals surface area contributed by atoms with Crippen LogP contribution in [0.3, 0.4) is 0 Å². The number of carbonyl (C=O) groups excluding carboxylic acids is 1. The lowest BCUT2D eigenvalue weighted by Gasteiger charge is -2.21. The zero-order valence-corrected chi connectivity index (χ0v) is 9.39. The van der Waals surface area contributed by atoms with E-state index >= 15 is 0 Å². The highest BCUT2D eigenvalue weighted by Crippen LogP contribution is 2.37. The monoisotopic (exact) mass is 182 g/mol. The van der Waals surface area contributed by atoms with Crippen LogP contribution >= 0.6 is 0 Å². The number of rotatable bonds is 2. The van der Waals surface area contributed by atoms with Gasteiger partial charge in [0.2, 0.25) is 0 Å². The van der Waals surface area contributed by atoms with Crippen molar-refractivity contribution < 1.29 is 4.79 Å². The molecule has 0 aliphatic heterocycles. The summed E-state index contributed by atoms with van der Waals surface area (Å²) >= 11 is 0. The predicted molar refractivity (Wildman–Crippen MR) is 55.6 cm³/mol. The van der Waals surface area contributed by atoms with Crippen molar-refractivity contribution in [2.75, 3.05) is 0 Å². The molecule has 0 bridgehead atoms. The van der Waals surface area contributed by atoms with Crippen LogP contribution in [-0.4, -0.2) is 5.78 Å². The molecule has 76 valence electrons. The molecule has 13 heavy (non-hydrogen) atoms. The van der Waals surface area contributed by atoms with E-state index in [1.165, 1.54) is 12.8 Å². The molecule has 1 aliphatic carbocycles. The van der Waals surface area contributed by atoms with Gasteiger partial charge in [0.1, 0.15) is 5.78 Å². The van der Waals surface area contributed by atoms with Crippen LogP contribution in [0.25, 0.3) is 0 Å². The van der Waals surface area contributed by atoms with Crippen LogP contribution in [0.5, 0.6) is 0 Å². The summed E-state index contributed by atoms with van der Waals surface area (Å²) in [4.78, 5) is 11.9. The van der Waals surface area contributed by atoms with Gasteiger partial charge in [-0.15, -0.1) is 0 Å². The zero-order chi connectivity index (χ0) is 10.1. The van der Waals surface area contributed by atoms with Gasteiger partial charge in [-0.2, -0.15) is 0 Å². The number of carbonyl (C=O) groups is 1. The number of hydrogen-bond donors (Lipinski definition) is 0. The van der Waals surface area contributed by atoms with Crippen LogP contribution in [0.4, 0.5) is 0 Å². The highest BCUT2D eigenvalue weighted by molar-refractivity contribution is 5.86. The first kappa shape index (κ1) is 10.7. The Hall–Kier alpha value is -0.330. The number of ketones is 1. The molecule has 0 N–H and O–H groups in total. The van der Waals surface area contributed by atoms with E-state index < -0.39 is 0 Å². The van der Waals surface area contributed by atoms with Crippen molar-refractivity contribution in [3.05, 3.63) is 0 Å². The highest BCUT2D eigenvalue weighted by Gasteiger charge is 2.34. The van der Waals surface area contributed by atoms with Crippen molar-refractivity contribution in [2.45, 2.75) is 53.4 Å². The minimum Gasteiger partial charge on any atom is -0.299 e. The molecule has 1 rings (SSSR count). The molecule has 0 heterocycles. The van der Waals surface area contributed by atoms with Crippen molar-refractivity contribution in [3.8, 4) is 0 Å². The normalized spacial score (nSPS) is 29.2. The smallest absolute Gasteiger partial charge is 0.141 e. The summed E-state index contributed by atoms with van der Waals surface area (Å²) in [5.74, 6) is 1.66. The first-order chi connectivity index (χ1) is 5.95. The van der Waals surface area contributed by atoms with Gasteiger partial charge in [-0.3, -0.25) is 4.79 Å². The Kier molecular flexibility index (Phi) is 3.15. The van der Waals surface area contributed by atoms with E-state index in [2.05, 4.69) is 6.92 Å². The van der Waals surface area contributed by atoms with Gasteiger partial charge >= 0.3 is 0 Å². The molecule has 0 radical (unpaired) electrons. The van der Waals surface area contributed by atoms with E-state index in [-0.39, 0.29) is 5.41 Å². The first-order valence-corrected chi connectivity index (χ1v) is 5.49. The Balaban J connectivity index is 2.52. The van der Waals surface area contributed by atoms with Gasteiger partial charge in [0.05, 0.1) is 0 Å². The third-order valence-electron chi connectivity index (χ3n) is 3.23. The van der Waals surface area contributed by atoms with E-state index in [1.54, 1.807) is 0 Å². The third-order valence-corrected chi connectivity index (χ3v) is 3.23. The number of hydrogen-bond acceptors (Lipinski definition) is 1. The second-order valence-corrected chi connectivity index (χ2v) is 5.40. The Morgan fingerprint density at radius 1 is 1.31 bits per heavy atom. The molecule has 2 atom stereocenters. The van der Waals surface area contributed by atoms with Crippen LogP contribution in [0.2, 0.25) is 0 Å². The van der Waals surface area contributed by atoms with Gasteiger partial charge in [-0.05, 0) is 25.2 Å². The summed E-state index contributed by atoms with van der Waals surface area (Å²) in [7, 11) is 0. The predicted octanol–water partition coefficient (Wildman–Crippen LogP) is 3.43. The fourth-order valence-corrected chi connectivity index (χ4v) is 2.30. The summed E-state index contributed by atoms with van der Waals surface area (Å²) in [6.07, 6.45) is 4.79. The Morgan fingerprint density at radius 3 is 2.31 bits per heavy atom. The first-order valence-electron chi connectivity index (χ1n) is 5.49. The molecular formula is C12H22O. The van der Waals surface area contributed by atoms with Crippen molar-refractivity contribution in [1.82, 2.24) is 0 Å². The van der Waals surface area contributed by atoms with E-state index in [0.717, 1.165) is 18.8 Å². The Morgan fingerprint density at radius 2 is 1.92 bits per heavy atom. The fraction of sp³-hybridized carbons (Fsp3) is 0.917.